The van der Waals surface area contributed by atoms with Crippen LogP contribution >= 0.6 is 0 Å². The number of hydrogen-bond donors (Lipinski definition) is 2. The predicted molar refractivity (Wildman–Crippen MR) is 49.1 cm³/mol. The van der Waals surface area contributed by atoms with Gasteiger partial charge in [0.25, 0.3) is 0 Å². The van der Waals surface area contributed by atoms with Crippen molar-refractivity contribution in [2.75, 3.05) is 12.8 Å². The number of aromatic carboxylic acids is 1. The summed E-state index contributed by atoms with van der Waals surface area (Å²) in [5, 5.41) is 17.4. The van der Waals surface area contributed by atoms with Crippen LogP contribution < -0.4 is 10.5 Å². The minimum atomic E-state index is -1.14. The molecular formula is C9H8N2O3. The normalized spacial score (nSPS) is 9.14. The van der Waals surface area contributed by atoms with Gasteiger partial charge in [-0.2, -0.15) is 5.26 Å². The lowest BCUT2D eigenvalue weighted by molar-refractivity contribution is 0.0693. The van der Waals surface area contributed by atoms with E-state index in [1.807, 2.05) is 6.07 Å². The zero-order valence-electron chi connectivity index (χ0n) is 7.44. The maximum atomic E-state index is 10.7. The Balaban J connectivity index is 3.41. The molecule has 0 unspecified atom stereocenters. The summed E-state index contributed by atoms with van der Waals surface area (Å²) >= 11 is 0. The number of nitrogen functional groups attached to an aromatic ring is 1. The molecule has 0 aliphatic carbocycles. The van der Waals surface area contributed by atoms with Crippen molar-refractivity contribution >= 4 is 11.7 Å². The molecule has 1 aromatic rings. The van der Waals surface area contributed by atoms with E-state index in [9.17, 15) is 4.79 Å². The van der Waals surface area contributed by atoms with Crippen LogP contribution in [0.5, 0.6) is 5.75 Å². The third-order valence-corrected chi connectivity index (χ3v) is 1.72. The number of anilines is 1. The van der Waals surface area contributed by atoms with Gasteiger partial charge in [-0.05, 0) is 6.07 Å². The summed E-state index contributed by atoms with van der Waals surface area (Å²) in [7, 11) is 1.33. The van der Waals surface area contributed by atoms with Gasteiger partial charge in [0.15, 0.2) is 0 Å². The van der Waals surface area contributed by atoms with Gasteiger partial charge in [0.2, 0.25) is 0 Å². The highest BCUT2D eigenvalue weighted by Crippen LogP contribution is 2.24. The first-order chi connectivity index (χ1) is 6.60. The van der Waals surface area contributed by atoms with Gasteiger partial charge >= 0.3 is 5.97 Å². The first kappa shape index (κ1) is 9.86. The number of methoxy groups -OCH3 is 1. The average molecular weight is 192 g/mol. The number of nitriles is 1. The minimum absolute atomic E-state index is 0.0519. The zero-order chi connectivity index (χ0) is 10.7. The van der Waals surface area contributed by atoms with Crippen LogP contribution in [-0.4, -0.2) is 18.2 Å². The van der Waals surface area contributed by atoms with Crippen molar-refractivity contribution in [3.05, 3.63) is 23.3 Å². The molecule has 72 valence electrons. The van der Waals surface area contributed by atoms with Gasteiger partial charge in [0.05, 0.1) is 18.4 Å². The fraction of sp³-hybridized carbons (Fsp3) is 0.111. The average Bonchev–Trinajstić information content (AvgIpc) is 2.17. The Morgan fingerprint density at radius 2 is 2.29 bits per heavy atom. The van der Waals surface area contributed by atoms with Gasteiger partial charge in [0, 0.05) is 6.07 Å². The molecular weight excluding hydrogens is 184 g/mol. The highest BCUT2D eigenvalue weighted by Gasteiger charge is 2.13. The molecule has 1 aromatic carbocycles. The molecule has 3 N–H and O–H groups in total. The topological polar surface area (TPSA) is 96.3 Å². The Labute approximate surface area is 80.3 Å². The Morgan fingerprint density at radius 3 is 2.71 bits per heavy atom. The lowest BCUT2D eigenvalue weighted by Gasteiger charge is -2.06. The Hall–Kier alpha value is -2.22. The monoisotopic (exact) mass is 192 g/mol. The molecule has 5 nitrogen and oxygen atoms in total. The molecule has 0 aliphatic heterocycles. The number of rotatable bonds is 2. The van der Waals surface area contributed by atoms with Gasteiger partial charge in [-0.1, -0.05) is 0 Å². The molecule has 0 spiro atoms. The first-order valence-corrected chi connectivity index (χ1v) is 3.71. The Bertz CT molecular complexity index is 421. The van der Waals surface area contributed by atoms with E-state index < -0.39 is 5.97 Å². The van der Waals surface area contributed by atoms with Crippen molar-refractivity contribution < 1.29 is 14.6 Å². The number of nitrogens with two attached hydrogens (primary N) is 1. The van der Waals surface area contributed by atoms with Crippen molar-refractivity contribution in [2.24, 2.45) is 0 Å². The van der Waals surface area contributed by atoms with E-state index in [2.05, 4.69) is 0 Å². The van der Waals surface area contributed by atoms with Crippen molar-refractivity contribution in [3.8, 4) is 11.8 Å². The molecule has 0 radical (unpaired) electrons. The lowest BCUT2D eigenvalue weighted by Crippen LogP contribution is -2.03. The van der Waals surface area contributed by atoms with Gasteiger partial charge in [-0.15, -0.1) is 0 Å². The number of carboxylic acid groups (broad SMARTS) is 1. The van der Waals surface area contributed by atoms with Gasteiger partial charge in [-0.25, -0.2) is 4.79 Å². The van der Waals surface area contributed by atoms with Crippen molar-refractivity contribution in [3.63, 3.8) is 0 Å². The van der Waals surface area contributed by atoms with Crippen LogP contribution in [0.4, 0.5) is 5.69 Å². The number of benzene rings is 1. The molecule has 5 heteroatoms. The molecule has 0 aromatic heterocycles. The van der Waals surface area contributed by atoms with E-state index >= 15 is 0 Å². The van der Waals surface area contributed by atoms with Crippen LogP contribution in [-0.2, 0) is 0 Å². The molecule has 0 saturated carbocycles. The quantitative estimate of drug-likeness (QED) is 0.677. The van der Waals surface area contributed by atoms with E-state index in [-0.39, 0.29) is 22.6 Å². The summed E-state index contributed by atoms with van der Waals surface area (Å²) in [6.07, 6.45) is 0. The molecule has 0 amide bonds. The highest BCUT2D eigenvalue weighted by atomic mass is 16.5. The smallest absolute Gasteiger partial charge is 0.339 e. The second-order valence-electron chi connectivity index (χ2n) is 2.56. The van der Waals surface area contributed by atoms with E-state index in [1.165, 1.54) is 19.2 Å². The molecule has 14 heavy (non-hydrogen) atoms. The summed E-state index contributed by atoms with van der Waals surface area (Å²) in [4.78, 5) is 10.7. The molecule has 0 atom stereocenters. The first-order valence-electron chi connectivity index (χ1n) is 3.71. The number of ether oxygens (including phenoxy) is 1. The van der Waals surface area contributed by atoms with Crippen LogP contribution in [0.25, 0.3) is 0 Å². The van der Waals surface area contributed by atoms with Crippen molar-refractivity contribution in [2.45, 2.75) is 0 Å². The number of hydrogen-bond acceptors (Lipinski definition) is 4. The Kier molecular flexibility index (Phi) is 2.58. The van der Waals surface area contributed by atoms with Crippen LogP contribution in [0.3, 0.4) is 0 Å². The summed E-state index contributed by atoms with van der Waals surface area (Å²) in [6, 6.07) is 4.35. The predicted octanol–water partition coefficient (Wildman–Crippen LogP) is 0.847. The van der Waals surface area contributed by atoms with Crippen LogP contribution in [0, 0.1) is 11.3 Å². The molecule has 0 fully saturated rings. The van der Waals surface area contributed by atoms with E-state index in [4.69, 9.17) is 20.8 Å². The Morgan fingerprint density at radius 1 is 1.64 bits per heavy atom. The fourth-order valence-corrected chi connectivity index (χ4v) is 1.03. The highest BCUT2D eigenvalue weighted by molar-refractivity contribution is 5.92. The van der Waals surface area contributed by atoms with Gasteiger partial charge in [-0.3, -0.25) is 0 Å². The van der Waals surface area contributed by atoms with Crippen LogP contribution in [0.2, 0.25) is 0 Å². The largest absolute Gasteiger partial charge is 0.496 e. The summed E-state index contributed by atoms with van der Waals surface area (Å²) in [5.41, 5.74) is 5.73. The number of carboxylic acids is 1. The second-order valence-corrected chi connectivity index (χ2v) is 2.56. The molecule has 0 saturated heterocycles. The van der Waals surface area contributed by atoms with Gasteiger partial charge in [0.1, 0.15) is 17.4 Å². The second kappa shape index (κ2) is 3.66. The summed E-state index contributed by atoms with van der Waals surface area (Å²) in [6.45, 7) is 0. The van der Waals surface area contributed by atoms with Crippen LogP contribution in [0.15, 0.2) is 12.1 Å². The molecule has 0 heterocycles. The van der Waals surface area contributed by atoms with E-state index in [1.54, 1.807) is 0 Å². The van der Waals surface area contributed by atoms with E-state index in [0.717, 1.165) is 0 Å². The number of nitrogens with zero attached hydrogens (tertiary/aromatic N) is 1. The SMILES string of the molecule is COc1cc(C#N)c(N)cc1C(=O)O. The molecule has 1 rings (SSSR count). The summed E-state index contributed by atoms with van der Waals surface area (Å²) < 4.78 is 4.82. The zero-order valence-corrected chi connectivity index (χ0v) is 7.44. The minimum Gasteiger partial charge on any atom is -0.496 e. The fourth-order valence-electron chi connectivity index (χ4n) is 1.03. The maximum Gasteiger partial charge on any atom is 0.339 e. The standard InChI is InChI=1S/C9H8N2O3/c1-14-8-2-5(4-10)7(11)3-6(8)9(12)13/h2-3H,11H2,1H3,(H,12,13). The molecule has 0 bridgehead atoms. The molecule has 0 aliphatic rings. The maximum absolute atomic E-state index is 10.7. The van der Waals surface area contributed by atoms with E-state index in [0.29, 0.717) is 0 Å². The third kappa shape index (κ3) is 1.59. The third-order valence-electron chi connectivity index (χ3n) is 1.72. The van der Waals surface area contributed by atoms with Crippen molar-refractivity contribution in [1.29, 1.82) is 5.26 Å². The van der Waals surface area contributed by atoms with Gasteiger partial charge < -0.3 is 15.6 Å². The lowest BCUT2D eigenvalue weighted by atomic mass is 10.1. The van der Waals surface area contributed by atoms with Crippen LogP contribution in [0.1, 0.15) is 15.9 Å². The number of carbonyl (C=O) groups is 1. The summed E-state index contributed by atoms with van der Waals surface area (Å²) in [5.74, 6) is -1.01. The van der Waals surface area contributed by atoms with Crippen molar-refractivity contribution in [1.82, 2.24) is 0 Å².